The number of rotatable bonds is 4. The second kappa shape index (κ2) is 8.00. The van der Waals surface area contributed by atoms with Gasteiger partial charge in [0.05, 0.1) is 13.2 Å². The summed E-state index contributed by atoms with van der Waals surface area (Å²) in [6.07, 6.45) is 2.48. The quantitative estimate of drug-likeness (QED) is 0.655. The molecule has 3 aromatic rings. The van der Waals surface area contributed by atoms with Gasteiger partial charge in [-0.3, -0.25) is 4.90 Å². The van der Waals surface area contributed by atoms with Crippen molar-refractivity contribution in [2.75, 3.05) is 50.8 Å². The number of aromatic nitrogens is 4. The number of ether oxygens (including phenoxy) is 1. The molecule has 0 spiro atoms. The predicted octanol–water partition coefficient (Wildman–Crippen LogP) is 2.86. The number of fused-ring (bicyclic) bond motifs is 1. The van der Waals surface area contributed by atoms with Crippen molar-refractivity contribution in [3.05, 3.63) is 29.2 Å². The largest absolute Gasteiger partial charge is 0.379 e. The lowest BCUT2D eigenvalue weighted by molar-refractivity contribution is 0.0296. The Morgan fingerprint density at radius 3 is 2.67 bits per heavy atom. The van der Waals surface area contributed by atoms with E-state index in [1.165, 1.54) is 18.4 Å². The standard InChI is InChI=1S/C22H30N6O2/c1-15-11-20(25-30-15)19-12-21-23-17(3)16(2)22(28(21)24-19)27-6-4-5-18(14-27)13-26-7-9-29-10-8-26/h11-12,18H,4-10,13-14H2,1-3H3/t18-/m0/s1. The van der Waals surface area contributed by atoms with E-state index >= 15 is 0 Å². The van der Waals surface area contributed by atoms with E-state index in [9.17, 15) is 0 Å². The van der Waals surface area contributed by atoms with Crippen molar-refractivity contribution in [3.8, 4) is 11.4 Å². The zero-order valence-corrected chi connectivity index (χ0v) is 18.1. The van der Waals surface area contributed by atoms with Crippen LogP contribution in [0.5, 0.6) is 0 Å². The minimum atomic E-state index is 0.660. The summed E-state index contributed by atoms with van der Waals surface area (Å²) in [6.45, 7) is 13.2. The van der Waals surface area contributed by atoms with Gasteiger partial charge in [0.15, 0.2) is 5.65 Å². The summed E-state index contributed by atoms with van der Waals surface area (Å²) >= 11 is 0. The monoisotopic (exact) mass is 410 g/mol. The summed E-state index contributed by atoms with van der Waals surface area (Å²) in [4.78, 5) is 9.85. The zero-order chi connectivity index (χ0) is 20.7. The van der Waals surface area contributed by atoms with E-state index in [0.717, 1.165) is 80.2 Å². The smallest absolute Gasteiger partial charge is 0.158 e. The Morgan fingerprint density at radius 2 is 1.90 bits per heavy atom. The van der Waals surface area contributed by atoms with Gasteiger partial charge in [-0.1, -0.05) is 5.16 Å². The molecule has 30 heavy (non-hydrogen) atoms. The van der Waals surface area contributed by atoms with Crippen LogP contribution in [0.4, 0.5) is 5.82 Å². The number of aryl methyl sites for hydroxylation is 2. The molecule has 5 rings (SSSR count). The van der Waals surface area contributed by atoms with Gasteiger partial charge in [-0.05, 0) is 39.5 Å². The van der Waals surface area contributed by atoms with Crippen molar-refractivity contribution in [2.45, 2.75) is 33.6 Å². The highest BCUT2D eigenvalue weighted by molar-refractivity contribution is 5.65. The highest BCUT2D eigenvalue weighted by Crippen LogP contribution is 2.30. The Labute approximate surface area is 176 Å². The van der Waals surface area contributed by atoms with Crippen molar-refractivity contribution in [1.82, 2.24) is 24.7 Å². The summed E-state index contributed by atoms with van der Waals surface area (Å²) in [6, 6.07) is 3.92. The molecule has 0 unspecified atom stereocenters. The number of hydrogen-bond donors (Lipinski definition) is 0. The number of nitrogens with zero attached hydrogens (tertiary/aromatic N) is 6. The van der Waals surface area contributed by atoms with Crippen LogP contribution in [0.2, 0.25) is 0 Å². The number of hydrogen-bond acceptors (Lipinski definition) is 7. The third-order valence-electron chi connectivity index (χ3n) is 6.38. The van der Waals surface area contributed by atoms with Crippen molar-refractivity contribution in [2.24, 2.45) is 5.92 Å². The Morgan fingerprint density at radius 1 is 1.07 bits per heavy atom. The first-order valence-corrected chi connectivity index (χ1v) is 10.9. The predicted molar refractivity (Wildman–Crippen MR) is 115 cm³/mol. The van der Waals surface area contributed by atoms with E-state index in [1.807, 2.05) is 23.6 Å². The summed E-state index contributed by atoms with van der Waals surface area (Å²) in [5.41, 5.74) is 4.66. The second-order valence-corrected chi connectivity index (χ2v) is 8.64. The van der Waals surface area contributed by atoms with E-state index in [4.69, 9.17) is 19.3 Å². The van der Waals surface area contributed by atoms with Crippen LogP contribution in [-0.4, -0.2) is 70.6 Å². The lowest BCUT2D eigenvalue weighted by Crippen LogP contribution is -2.45. The molecule has 0 aromatic carbocycles. The molecule has 3 aromatic heterocycles. The van der Waals surface area contributed by atoms with Crippen LogP contribution in [0.1, 0.15) is 29.9 Å². The number of piperidine rings is 1. The molecule has 8 nitrogen and oxygen atoms in total. The van der Waals surface area contributed by atoms with Gasteiger partial charge in [0.1, 0.15) is 23.0 Å². The third-order valence-corrected chi connectivity index (χ3v) is 6.38. The van der Waals surface area contributed by atoms with Crippen LogP contribution >= 0.6 is 0 Å². The molecule has 8 heteroatoms. The summed E-state index contributed by atoms with van der Waals surface area (Å²) in [5.74, 6) is 2.60. The molecule has 0 radical (unpaired) electrons. The van der Waals surface area contributed by atoms with Gasteiger partial charge in [0.2, 0.25) is 0 Å². The van der Waals surface area contributed by atoms with Crippen molar-refractivity contribution < 1.29 is 9.26 Å². The van der Waals surface area contributed by atoms with E-state index < -0.39 is 0 Å². The third kappa shape index (κ3) is 3.70. The van der Waals surface area contributed by atoms with E-state index in [-0.39, 0.29) is 0 Å². The fraction of sp³-hybridized carbons (Fsp3) is 0.591. The molecule has 0 aliphatic carbocycles. The van der Waals surface area contributed by atoms with Crippen LogP contribution < -0.4 is 4.90 Å². The molecule has 5 heterocycles. The molecule has 2 aliphatic heterocycles. The van der Waals surface area contributed by atoms with E-state index in [2.05, 4.69) is 28.8 Å². The average Bonchev–Trinajstić information content (AvgIpc) is 3.36. The minimum Gasteiger partial charge on any atom is -0.379 e. The molecule has 160 valence electrons. The maximum absolute atomic E-state index is 5.51. The van der Waals surface area contributed by atoms with Gasteiger partial charge in [-0.15, -0.1) is 0 Å². The van der Waals surface area contributed by atoms with Crippen molar-refractivity contribution >= 4 is 11.5 Å². The Kier molecular flexibility index (Phi) is 5.20. The molecule has 1 atom stereocenters. The Hall–Kier alpha value is -2.45. The van der Waals surface area contributed by atoms with Crippen LogP contribution in [-0.2, 0) is 4.74 Å². The summed E-state index contributed by atoms with van der Waals surface area (Å²) in [5, 5.41) is 9.01. The molecule has 0 saturated carbocycles. The molecular weight excluding hydrogens is 380 g/mol. The normalized spacial score (nSPS) is 20.9. The first kappa shape index (κ1) is 19.5. The van der Waals surface area contributed by atoms with Gasteiger partial charge in [0.25, 0.3) is 0 Å². The summed E-state index contributed by atoms with van der Waals surface area (Å²) < 4.78 is 12.8. The van der Waals surface area contributed by atoms with Gasteiger partial charge < -0.3 is 14.2 Å². The van der Waals surface area contributed by atoms with Gasteiger partial charge in [-0.25, -0.2) is 4.98 Å². The molecule has 2 fully saturated rings. The Balaban J connectivity index is 1.46. The van der Waals surface area contributed by atoms with Crippen LogP contribution in [0.15, 0.2) is 16.7 Å². The second-order valence-electron chi connectivity index (χ2n) is 8.64. The maximum atomic E-state index is 5.51. The number of anilines is 1. The van der Waals surface area contributed by atoms with Crippen molar-refractivity contribution in [1.29, 1.82) is 0 Å². The van der Waals surface area contributed by atoms with E-state index in [1.54, 1.807) is 0 Å². The highest BCUT2D eigenvalue weighted by Gasteiger charge is 2.27. The lowest BCUT2D eigenvalue weighted by Gasteiger charge is -2.38. The zero-order valence-electron chi connectivity index (χ0n) is 18.1. The van der Waals surface area contributed by atoms with Crippen molar-refractivity contribution in [3.63, 3.8) is 0 Å². The maximum Gasteiger partial charge on any atom is 0.158 e. The molecule has 2 saturated heterocycles. The van der Waals surface area contributed by atoms with Crippen LogP contribution in [0.25, 0.3) is 17.0 Å². The average molecular weight is 411 g/mol. The molecule has 2 aliphatic rings. The van der Waals surface area contributed by atoms with Crippen LogP contribution in [0, 0.1) is 26.7 Å². The van der Waals surface area contributed by atoms with Gasteiger partial charge in [0, 0.05) is 56.1 Å². The van der Waals surface area contributed by atoms with Gasteiger partial charge >= 0.3 is 0 Å². The van der Waals surface area contributed by atoms with E-state index in [0.29, 0.717) is 5.92 Å². The highest BCUT2D eigenvalue weighted by atomic mass is 16.5. The fourth-order valence-corrected chi connectivity index (χ4v) is 4.72. The topological polar surface area (TPSA) is 71.9 Å². The molecular formula is C22H30N6O2. The number of morpholine rings is 1. The SMILES string of the molecule is Cc1cc(-c2cc3nc(C)c(C)c(N4CCC[C@@H](CN5CCOCC5)C4)n3n2)no1. The molecule has 0 amide bonds. The first-order valence-electron chi connectivity index (χ1n) is 10.9. The Bertz CT molecular complexity index is 1040. The van der Waals surface area contributed by atoms with Crippen LogP contribution in [0.3, 0.4) is 0 Å². The summed E-state index contributed by atoms with van der Waals surface area (Å²) in [7, 11) is 0. The lowest BCUT2D eigenvalue weighted by atomic mass is 9.96. The molecule has 0 N–H and O–H groups in total. The minimum absolute atomic E-state index is 0.660. The fourth-order valence-electron chi connectivity index (χ4n) is 4.72. The van der Waals surface area contributed by atoms with Gasteiger partial charge in [-0.2, -0.15) is 9.61 Å². The first-order chi connectivity index (χ1) is 14.6. The molecule has 0 bridgehead atoms.